The summed E-state index contributed by atoms with van der Waals surface area (Å²) in [7, 11) is 0. The molecule has 2 aliphatic rings. The highest BCUT2D eigenvalue weighted by Crippen LogP contribution is 2.20. The van der Waals surface area contributed by atoms with Crippen molar-refractivity contribution in [2.75, 3.05) is 30.3 Å². The van der Waals surface area contributed by atoms with Gasteiger partial charge in [0.25, 0.3) is 0 Å². The standard InChI is InChI=1S/C13H15N3S2.BrH/c1-2-4-11(5-3-1)12-10-18-13(15-14-12)16-6-8-17-9-7-16;/h1-5H,6-10H2;1H. The number of nitrogens with zero attached hydrogens (tertiary/aromatic N) is 3. The molecule has 1 aromatic rings. The molecular weight excluding hydrogens is 342 g/mol. The Morgan fingerprint density at radius 2 is 1.74 bits per heavy atom. The first kappa shape index (κ1) is 14.9. The van der Waals surface area contributed by atoms with E-state index in [-0.39, 0.29) is 17.0 Å². The molecule has 0 bridgehead atoms. The van der Waals surface area contributed by atoms with Gasteiger partial charge in [0.2, 0.25) is 0 Å². The molecule has 1 saturated heterocycles. The molecule has 6 heteroatoms. The Balaban J connectivity index is 0.00000133. The van der Waals surface area contributed by atoms with Crippen molar-refractivity contribution in [3.63, 3.8) is 0 Å². The summed E-state index contributed by atoms with van der Waals surface area (Å²) in [6.45, 7) is 2.21. The summed E-state index contributed by atoms with van der Waals surface area (Å²) in [5, 5.41) is 9.88. The fraction of sp³-hybridized carbons (Fsp3) is 0.385. The molecule has 2 aliphatic heterocycles. The van der Waals surface area contributed by atoms with Crippen molar-refractivity contribution in [2.45, 2.75) is 0 Å². The van der Waals surface area contributed by atoms with Crippen LogP contribution in [0.4, 0.5) is 0 Å². The molecule has 1 fully saturated rings. The van der Waals surface area contributed by atoms with Gasteiger partial charge in [0.05, 0.1) is 5.71 Å². The highest BCUT2D eigenvalue weighted by atomic mass is 79.9. The maximum Gasteiger partial charge on any atom is 0.186 e. The lowest BCUT2D eigenvalue weighted by Crippen LogP contribution is -2.37. The number of halogens is 1. The molecular formula is C13H16BrN3S2. The Labute approximate surface area is 132 Å². The lowest BCUT2D eigenvalue weighted by molar-refractivity contribution is 0.470. The average Bonchev–Trinajstić information content (AvgIpc) is 2.49. The molecule has 0 amide bonds. The Kier molecular flexibility index (Phi) is 5.78. The highest BCUT2D eigenvalue weighted by Gasteiger charge is 2.19. The Morgan fingerprint density at radius 1 is 1.00 bits per heavy atom. The van der Waals surface area contributed by atoms with Crippen LogP contribution in [0.3, 0.4) is 0 Å². The second-order valence-electron chi connectivity index (χ2n) is 4.18. The summed E-state index contributed by atoms with van der Waals surface area (Å²) < 4.78 is 0. The van der Waals surface area contributed by atoms with E-state index in [0.29, 0.717) is 0 Å². The molecule has 0 N–H and O–H groups in total. The predicted octanol–water partition coefficient (Wildman–Crippen LogP) is 3.12. The summed E-state index contributed by atoms with van der Waals surface area (Å²) >= 11 is 3.83. The highest BCUT2D eigenvalue weighted by molar-refractivity contribution is 8.93. The van der Waals surface area contributed by atoms with Crippen LogP contribution in [0.2, 0.25) is 0 Å². The monoisotopic (exact) mass is 357 g/mol. The van der Waals surface area contributed by atoms with Gasteiger partial charge < -0.3 is 4.90 Å². The molecule has 0 radical (unpaired) electrons. The number of thioether (sulfide) groups is 2. The van der Waals surface area contributed by atoms with E-state index in [1.807, 2.05) is 41.7 Å². The third kappa shape index (κ3) is 3.77. The van der Waals surface area contributed by atoms with E-state index in [0.717, 1.165) is 29.7 Å². The maximum absolute atomic E-state index is 4.40. The van der Waals surface area contributed by atoms with Gasteiger partial charge in [0.1, 0.15) is 0 Å². The first-order valence-corrected chi connectivity index (χ1v) is 8.23. The zero-order chi connectivity index (χ0) is 12.2. The van der Waals surface area contributed by atoms with Crippen molar-refractivity contribution in [3.05, 3.63) is 35.9 Å². The molecule has 3 rings (SSSR count). The van der Waals surface area contributed by atoms with Crippen LogP contribution < -0.4 is 0 Å². The van der Waals surface area contributed by atoms with Crippen LogP contribution in [0.5, 0.6) is 0 Å². The maximum atomic E-state index is 4.40. The van der Waals surface area contributed by atoms with Gasteiger partial charge >= 0.3 is 0 Å². The molecule has 1 aromatic carbocycles. The smallest absolute Gasteiger partial charge is 0.186 e. The number of rotatable bonds is 1. The van der Waals surface area contributed by atoms with Gasteiger partial charge in [-0.3, -0.25) is 0 Å². The van der Waals surface area contributed by atoms with Gasteiger partial charge in [-0.1, -0.05) is 42.1 Å². The van der Waals surface area contributed by atoms with Gasteiger partial charge in [-0.2, -0.15) is 16.9 Å². The Bertz CT molecular complexity index is 470. The topological polar surface area (TPSA) is 28.0 Å². The van der Waals surface area contributed by atoms with Crippen LogP contribution >= 0.6 is 40.5 Å². The summed E-state index contributed by atoms with van der Waals surface area (Å²) in [5.74, 6) is 3.33. The summed E-state index contributed by atoms with van der Waals surface area (Å²) in [5.41, 5.74) is 2.26. The van der Waals surface area contributed by atoms with Gasteiger partial charge in [0, 0.05) is 30.3 Å². The van der Waals surface area contributed by atoms with E-state index in [1.165, 1.54) is 17.1 Å². The van der Waals surface area contributed by atoms with Gasteiger partial charge in [-0.05, 0) is 5.56 Å². The average molecular weight is 358 g/mol. The number of hydrogen-bond acceptors (Lipinski definition) is 5. The quantitative estimate of drug-likeness (QED) is 0.772. The van der Waals surface area contributed by atoms with Gasteiger partial charge in [-0.15, -0.1) is 22.1 Å². The summed E-state index contributed by atoms with van der Waals surface area (Å²) in [4.78, 5) is 2.35. The third-order valence-corrected chi connectivity index (χ3v) is 4.94. The van der Waals surface area contributed by atoms with Crippen LogP contribution in [0.1, 0.15) is 5.56 Å². The summed E-state index contributed by atoms with van der Waals surface area (Å²) in [6.07, 6.45) is 0. The molecule has 0 saturated carbocycles. The van der Waals surface area contributed by atoms with Gasteiger partial charge in [0.15, 0.2) is 5.17 Å². The molecule has 0 aromatic heterocycles. The van der Waals surface area contributed by atoms with E-state index in [2.05, 4.69) is 27.2 Å². The number of amidine groups is 1. The van der Waals surface area contributed by atoms with E-state index in [9.17, 15) is 0 Å². The minimum Gasteiger partial charge on any atom is -0.348 e. The number of benzene rings is 1. The van der Waals surface area contributed by atoms with E-state index in [1.54, 1.807) is 0 Å². The molecule has 102 valence electrons. The largest absolute Gasteiger partial charge is 0.348 e. The molecule has 0 unspecified atom stereocenters. The van der Waals surface area contributed by atoms with Crippen molar-refractivity contribution in [1.29, 1.82) is 0 Å². The van der Waals surface area contributed by atoms with Gasteiger partial charge in [-0.25, -0.2) is 0 Å². The molecule has 0 atom stereocenters. The minimum atomic E-state index is 0. The lowest BCUT2D eigenvalue weighted by Gasteiger charge is -2.29. The predicted molar refractivity (Wildman–Crippen MR) is 92.1 cm³/mol. The van der Waals surface area contributed by atoms with Crippen molar-refractivity contribution in [1.82, 2.24) is 4.90 Å². The fourth-order valence-electron chi connectivity index (χ4n) is 1.97. The van der Waals surface area contributed by atoms with Crippen molar-refractivity contribution < 1.29 is 0 Å². The van der Waals surface area contributed by atoms with E-state index < -0.39 is 0 Å². The SMILES string of the molecule is Br.c1ccc(C2=NN=C(N3CCSCC3)SC2)cc1. The molecule has 0 aliphatic carbocycles. The Morgan fingerprint density at radius 3 is 2.37 bits per heavy atom. The zero-order valence-electron chi connectivity index (χ0n) is 10.5. The molecule has 2 heterocycles. The zero-order valence-corrected chi connectivity index (χ0v) is 13.8. The van der Waals surface area contributed by atoms with Crippen LogP contribution in [-0.2, 0) is 0 Å². The minimum absolute atomic E-state index is 0. The second kappa shape index (κ2) is 7.36. The van der Waals surface area contributed by atoms with Crippen molar-refractivity contribution in [2.24, 2.45) is 10.2 Å². The fourth-order valence-corrected chi connectivity index (χ4v) is 3.83. The number of hydrogen-bond donors (Lipinski definition) is 0. The van der Waals surface area contributed by atoms with Crippen molar-refractivity contribution >= 4 is 51.4 Å². The van der Waals surface area contributed by atoms with Crippen LogP contribution in [-0.4, -0.2) is 46.1 Å². The second-order valence-corrected chi connectivity index (χ2v) is 6.35. The first-order valence-electron chi connectivity index (χ1n) is 6.09. The lowest BCUT2D eigenvalue weighted by atomic mass is 10.1. The van der Waals surface area contributed by atoms with Crippen LogP contribution in [0.15, 0.2) is 40.5 Å². The molecule has 3 nitrogen and oxygen atoms in total. The van der Waals surface area contributed by atoms with E-state index >= 15 is 0 Å². The Hall–Kier alpha value is -0.460. The van der Waals surface area contributed by atoms with Crippen LogP contribution in [0, 0.1) is 0 Å². The molecule has 0 spiro atoms. The summed E-state index contributed by atoms with van der Waals surface area (Å²) in [6, 6.07) is 10.3. The normalized spacial score (nSPS) is 19.3. The first-order chi connectivity index (χ1) is 8.93. The third-order valence-electron chi connectivity index (χ3n) is 2.98. The van der Waals surface area contributed by atoms with Crippen LogP contribution in [0.25, 0.3) is 0 Å². The molecule has 19 heavy (non-hydrogen) atoms. The van der Waals surface area contributed by atoms with Crippen molar-refractivity contribution in [3.8, 4) is 0 Å². The van der Waals surface area contributed by atoms with E-state index in [4.69, 9.17) is 0 Å².